The average Bonchev–Trinajstić information content (AvgIpc) is 2.78. The molecule has 2 rings (SSSR count). The Morgan fingerprint density at radius 1 is 0.818 bits per heavy atom. The molecule has 2 aliphatic rings. The summed E-state index contributed by atoms with van der Waals surface area (Å²) in [4.78, 5) is 0. The molecule has 0 saturated heterocycles. The third-order valence-electron chi connectivity index (χ3n) is 3.50. The number of hydrogen-bond donors (Lipinski definition) is 0. The number of rotatable bonds is 2. The van der Waals surface area contributed by atoms with Crippen LogP contribution in [-0.4, -0.2) is 0 Å². The molecule has 0 bridgehead atoms. The van der Waals surface area contributed by atoms with Gasteiger partial charge in [-0.25, -0.2) is 0 Å². The predicted octanol–water partition coefficient (Wildman–Crippen LogP) is 3.61. The Labute approximate surface area is 70.4 Å². The average molecular weight is 152 g/mol. The molecule has 2 aliphatic carbocycles. The van der Waals surface area contributed by atoms with Crippen molar-refractivity contribution in [2.75, 3.05) is 0 Å². The monoisotopic (exact) mass is 152 g/mol. The highest BCUT2D eigenvalue weighted by molar-refractivity contribution is 4.79. The summed E-state index contributed by atoms with van der Waals surface area (Å²) in [5.41, 5.74) is 0. The van der Waals surface area contributed by atoms with Crippen LogP contribution in [0.2, 0.25) is 0 Å². The predicted molar refractivity (Wildman–Crippen MR) is 48.5 cm³/mol. The first-order valence-corrected chi connectivity index (χ1v) is 5.34. The van der Waals surface area contributed by atoms with Gasteiger partial charge in [0, 0.05) is 0 Å². The van der Waals surface area contributed by atoms with E-state index >= 15 is 0 Å². The zero-order valence-corrected chi connectivity index (χ0v) is 7.68. The molecular formula is C11H20. The molecule has 0 aromatic rings. The zero-order valence-electron chi connectivity index (χ0n) is 7.68. The lowest BCUT2D eigenvalue weighted by Gasteiger charge is -2.25. The summed E-state index contributed by atoms with van der Waals surface area (Å²) in [7, 11) is 0. The summed E-state index contributed by atoms with van der Waals surface area (Å²) in [6, 6.07) is 0. The maximum absolute atomic E-state index is 2.41. The topological polar surface area (TPSA) is 0 Å². The highest BCUT2D eigenvalue weighted by Gasteiger charge is 2.27. The van der Waals surface area contributed by atoms with E-state index in [0.717, 1.165) is 17.8 Å². The Hall–Kier alpha value is 0. The SMILES string of the molecule is CC1CCC(CC2CC2)CC1. The molecule has 0 aromatic heterocycles. The van der Waals surface area contributed by atoms with E-state index in [4.69, 9.17) is 0 Å². The molecule has 0 radical (unpaired) electrons. The molecule has 0 N–H and O–H groups in total. The van der Waals surface area contributed by atoms with E-state index in [0.29, 0.717) is 0 Å². The summed E-state index contributed by atoms with van der Waals surface area (Å²) in [5.74, 6) is 3.32. The van der Waals surface area contributed by atoms with Gasteiger partial charge >= 0.3 is 0 Å². The van der Waals surface area contributed by atoms with Crippen molar-refractivity contribution in [1.82, 2.24) is 0 Å². The van der Waals surface area contributed by atoms with Crippen LogP contribution in [0, 0.1) is 17.8 Å². The van der Waals surface area contributed by atoms with Crippen molar-refractivity contribution in [2.24, 2.45) is 17.8 Å². The smallest absolute Gasteiger partial charge is 0.0411 e. The van der Waals surface area contributed by atoms with Gasteiger partial charge in [0.25, 0.3) is 0 Å². The largest absolute Gasteiger partial charge is 0.0625 e. The Bertz CT molecular complexity index is 116. The second kappa shape index (κ2) is 3.16. The fourth-order valence-corrected chi connectivity index (χ4v) is 2.39. The quantitative estimate of drug-likeness (QED) is 0.567. The first-order valence-electron chi connectivity index (χ1n) is 5.34. The van der Waals surface area contributed by atoms with Gasteiger partial charge in [0.05, 0.1) is 0 Å². The van der Waals surface area contributed by atoms with Gasteiger partial charge in [-0.05, 0) is 24.2 Å². The molecule has 0 unspecified atom stereocenters. The lowest BCUT2D eigenvalue weighted by atomic mass is 9.80. The van der Waals surface area contributed by atoms with Crippen LogP contribution in [0.3, 0.4) is 0 Å². The standard InChI is InChI=1S/C11H20/c1-9-2-4-10(5-3-9)8-11-6-7-11/h9-11H,2-8H2,1H3. The summed E-state index contributed by atoms with van der Waals surface area (Å²) in [6.07, 6.45) is 10.8. The van der Waals surface area contributed by atoms with E-state index in [-0.39, 0.29) is 0 Å². The van der Waals surface area contributed by atoms with Gasteiger partial charge in [-0.1, -0.05) is 45.4 Å². The van der Waals surface area contributed by atoms with Crippen LogP contribution in [0.15, 0.2) is 0 Å². The maximum Gasteiger partial charge on any atom is -0.0411 e. The van der Waals surface area contributed by atoms with E-state index < -0.39 is 0 Å². The van der Waals surface area contributed by atoms with Gasteiger partial charge in [0.1, 0.15) is 0 Å². The van der Waals surface area contributed by atoms with E-state index in [1.165, 1.54) is 25.7 Å². The van der Waals surface area contributed by atoms with Crippen molar-refractivity contribution >= 4 is 0 Å². The van der Waals surface area contributed by atoms with E-state index in [1.807, 2.05) is 0 Å². The van der Waals surface area contributed by atoms with Crippen molar-refractivity contribution in [3.8, 4) is 0 Å². The van der Waals surface area contributed by atoms with Gasteiger partial charge in [-0.15, -0.1) is 0 Å². The van der Waals surface area contributed by atoms with E-state index in [1.54, 1.807) is 19.3 Å². The Morgan fingerprint density at radius 3 is 1.73 bits per heavy atom. The molecule has 0 heteroatoms. The molecule has 0 heterocycles. The summed E-state index contributed by atoms with van der Waals surface area (Å²) >= 11 is 0. The molecule has 0 nitrogen and oxygen atoms in total. The van der Waals surface area contributed by atoms with Crippen LogP contribution in [0.1, 0.15) is 51.9 Å². The second-order valence-corrected chi connectivity index (χ2v) is 4.80. The van der Waals surface area contributed by atoms with Crippen molar-refractivity contribution in [2.45, 2.75) is 51.9 Å². The van der Waals surface area contributed by atoms with Crippen molar-refractivity contribution in [3.63, 3.8) is 0 Å². The maximum atomic E-state index is 2.41. The first-order chi connectivity index (χ1) is 5.34. The highest BCUT2D eigenvalue weighted by atomic mass is 14.3. The van der Waals surface area contributed by atoms with E-state index in [2.05, 4.69) is 6.92 Å². The molecule has 0 spiro atoms. The molecule has 0 atom stereocenters. The third-order valence-corrected chi connectivity index (χ3v) is 3.50. The summed E-state index contributed by atoms with van der Waals surface area (Å²) in [5, 5.41) is 0. The second-order valence-electron chi connectivity index (χ2n) is 4.80. The van der Waals surface area contributed by atoms with E-state index in [9.17, 15) is 0 Å². The lowest BCUT2D eigenvalue weighted by molar-refractivity contribution is 0.269. The fourth-order valence-electron chi connectivity index (χ4n) is 2.39. The van der Waals surface area contributed by atoms with Crippen LogP contribution in [-0.2, 0) is 0 Å². The minimum absolute atomic E-state index is 1.03. The van der Waals surface area contributed by atoms with Gasteiger partial charge < -0.3 is 0 Å². The van der Waals surface area contributed by atoms with Crippen LogP contribution in [0.5, 0.6) is 0 Å². The first kappa shape index (κ1) is 7.64. The minimum Gasteiger partial charge on any atom is -0.0625 e. The van der Waals surface area contributed by atoms with Crippen molar-refractivity contribution < 1.29 is 0 Å². The van der Waals surface area contributed by atoms with Crippen LogP contribution in [0.25, 0.3) is 0 Å². The summed E-state index contributed by atoms with van der Waals surface area (Å²) < 4.78 is 0. The normalized spacial score (nSPS) is 39.0. The van der Waals surface area contributed by atoms with Gasteiger partial charge in [0.2, 0.25) is 0 Å². The molecule has 64 valence electrons. The molecule has 11 heavy (non-hydrogen) atoms. The van der Waals surface area contributed by atoms with Crippen LogP contribution >= 0.6 is 0 Å². The summed E-state index contributed by atoms with van der Waals surface area (Å²) in [6.45, 7) is 2.41. The third kappa shape index (κ3) is 2.21. The van der Waals surface area contributed by atoms with Crippen molar-refractivity contribution in [1.29, 1.82) is 0 Å². The zero-order chi connectivity index (χ0) is 7.68. The van der Waals surface area contributed by atoms with Crippen LogP contribution in [0.4, 0.5) is 0 Å². The lowest BCUT2D eigenvalue weighted by Crippen LogP contribution is -2.12. The minimum atomic E-state index is 1.03. The van der Waals surface area contributed by atoms with Gasteiger partial charge in [0.15, 0.2) is 0 Å². The molecule has 2 fully saturated rings. The fraction of sp³-hybridized carbons (Fsp3) is 1.00. The Kier molecular flexibility index (Phi) is 2.20. The van der Waals surface area contributed by atoms with Crippen LogP contribution < -0.4 is 0 Å². The Morgan fingerprint density at radius 2 is 1.27 bits per heavy atom. The molecule has 0 aromatic carbocycles. The molecular weight excluding hydrogens is 132 g/mol. The number of hydrogen-bond acceptors (Lipinski definition) is 0. The molecule has 0 amide bonds. The molecule has 2 saturated carbocycles. The van der Waals surface area contributed by atoms with Gasteiger partial charge in [-0.2, -0.15) is 0 Å². The van der Waals surface area contributed by atoms with Gasteiger partial charge in [-0.3, -0.25) is 0 Å². The van der Waals surface area contributed by atoms with Crippen molar-refractivity contribution in [3.05, 3.63) is 0 Å². The molecule has 0 aliphatic heterocycles. The Balaban J connectivity index is 1.69. The highest BCUT2D eigenvalue weighted by Crippen LogP contribution is 2.40.